The molecule has 0 bridgehead atoms. The summed E-state index contributed by atoms with van der Waals surface area (Å²) in [6, 6.07) is 13.5. The number of primary amides is 1. The van der Waals surface area contributed by atoms with Crippen LogP contribution >= 0.6 is 0 Å². The first kappa shape index (κ1) is 16.2. The molecule has 1 atom stereocenters. The van der Waals surface area contributed by atoms with Crippen molar-refractivity contribution in [1.29, 1.82) is 0 Å². The molecule has 1 aliphatic rings. The largest absolute Gasteiger partial charge is 0.366 e. The maximum Gasteiger partial charge on any atom is 0.251 e. The summed E-state index contributed by atoms with van der Waals surface area (Å²) in [6.07, 6.45) is 3.19. The van der Waals surface area contributed by atoms with Crippen LogP contribution in [0.15, 0.2) is 42.5 Å². The summed E-state index contributed by atoms with van der Waals surface area (Å²) in [5, 5.41) is 2.97. The molecule has 0 heterocycles. The number of carbonyl (C=O) groups excluding carboxylic acids is 2. The Kier molecular flexibility index (Phi) is 4.65. The van der Waals surface area contributed by atoms with Gasteiger partial charge in [-0.1, -0.05) is 30.3 Å². The third-order valence-corrected chi connectivity index (χ3v) is 4.80. The minimum atomic E-state index is -0.522. The zero-order chi connectivity index (χ0) is 17.1. The smallest absolute Gasteiger partial charge is 0.251 e. The Balaban J connectivity index is 1.61. The lowest BCUT2D eigenvalue weighted by Gasteiger charge is -2.13. The number of nitrogens with one attached hydrogen (secondary N) is 1. The molecule has 0 radical (unpaired) electrons. The molecule has 0 saturated carbocycles. The number of hydrogen-bond donors (Lipinski definition) is 2. The van der Waals surface area contributed by atoms with E-state index in [1.54, 1.807) is 18.2 Å². The van der Waals surface area contributed by atoms with Crippen molar-refractivity contribution in [3.05, 3.63) is 70.3 Å². The summed E-state index contributed by atoms with van der Waals surface area (Å²) in [7, 11) is 0. The van der Waals surface area contributed by atoms with Crippen molar-refractivity contribution in [3.8, 4) is 0 Å². The monoisotopic (exact) mass is 322 g/mol. The van der Waals surface area contributed by atoms with Gasteiger partial charge in [-0.15, -0.1) is 0 Å². The van der Waals surface area contributed by atoms with Gasteiger partial charge in [0.25, 0.3) is 5.91 Å². The van der Waals surface area contributed by atoms with Crippen LogP contribution in [-0.2, 0) is 6.42 Å². The van der Waals surface area contributed by atoms with Crippen molar-refractivity contribution >= 4 is 11.8 Å². The molecule has 0 aromatic heterocycles. The number of rotatable bonds is 5. The fraction of sp³-hybridized carbons (Fsp3) is 0.300. The van der Waals surface area contributed by atoms with Crippen molar-refractivity contribution in [1.82, 2.24) is 5.32 Å². The van der Waals surface area contributed by atoms with E-state index in [1.165, 1.54) is 11.1 Å². The molecule has 0 aliphatic heterocycles. The van der Waals surface area contributed by atoms with E-state index in [2.05, 4.69) is 29.6 Å². The highest BCUT2D eigenvalue weighted by molar-refractivity contribution is 6.00. The van der Waals surface area contributed by atoms with Gasteiger partial charge in [0.1, 0.15) is 0 Å². The molecule has 2 amide bonds. The maximum absolute atomic E-state index is 12.4. The van der Waals surface area contributed by atoms with Crippen LogP contribution in [-0.4, -0.2) is 18.4 Å². The Bertz CT molecular complexity index is 783. The first-order valence-electron chi connectivity index (χ1n) is 8.32. The second-order valence-electron chi connectivity index (χ2n) is 6.37. The number of aryl methyl sites for hydroxylation is 2. The van der Waals surface area contributed by atoms with Gasteiger partial charge in [0, 0.05) is 17.7 Å². The molecule has 24 heavy (non-hydrogen) atoms. The quantitative estimate of drug-likeness (QED) is 0.888. The molecule has 4 heteroatoms. The number of carbonyl (C=O) groups is 2. The van der Waals surface area contributed by atoms with Crippen molar-refractivity contribution in [2.24, 2.45) is 5.73 Å². The highest BCUT2D eigenvalue weighted by Crippen LogP contribution is 2.34. The Morgan fingerprint density at radius 3 is 2.79 bits per heavy atom. The lowest BCUT2D eigenvalue weighted by molar-refractivity contribution is 0.0952. The molecule has 2 aromatic rings. The van der Waals surface area contributed by atoms with Crippen LogP contribution in [0.1, 0.15) is 56.2 Å². The van der Waals surface area contributed by atoms with E-state index >= 15 is 0 Å². The van der Waals surface area contributed by atoms with E-state index in [4.69, 9.17) is 5.73 Å². The van der Waals surface area contributed by atoms with Gasteiger partial charge in [-0.2, -0.15) is 0 Å². The van der Waals surface area contributed by atoms with E-state index in [0.717, 1.165) is 24.8 Å². The second-order valence-corrected chi connectivity index (χ2v) is 6.37. The van der Waals surface area contributed by atoms with Crippen LogP contribution in [0, 0.1) is 6.92 Å². The van der Waals surface area contributed by atoms with Crippen LogP contribution in [0.3, 0.4) is 0 Å². The lowest BCUT2D eigenvalue weighted by Crippen LogP contribution is -2.26. The molecule has 2 aromatic carbocycles. The van der Waals surface area contributed by atoms with Crippen LogP contribution < -0.4 is 11.1 Å². The maximum atomic E-state index is 12.4. The summed E-state index contributed by atoms with van der Waals surface area (Å²) in [4.78, 5) is 23.7. The molecule has 1 aliphatic carbocycles. The van der Waals surface area contributed by atoms with Crippen LogP contribution in [0.25, 0.3) is 0 Å². The third kappa shape index (κ3) is 3.32. The molecule has 0 fully saturated rings. The Labute approximate surface area is 142 Å². The van der Waals surface area contributed by atoms with Gasteiger partial charge in [0.2, 0.25) is 5.91 Å². The average Bonchev–Trinajstić information content (AvgIpc) is 2.98. The van der Waals surface area contributed by atoms with Crippen LogP contribution in [0.2, 0.25) is 0 Å². The number of fused-ring (bicyclic) bond motifs is 1. The van der Waals surface area contributed by atoms with Gasteiger partial charge in [-0.3, -0.25) is 9.59 Å². The molecule has 4 nitrogen and oxygen atoms in total. The summed E-state index contributed by atoms with van der Waals surface area (Å²) in [5.41, 5.74) is 9.84. The fourth-order valence-electron chi connectivity index (χ4n) is 3.42. The molecule has 0 spiro atoms. The normalized spacial score (nSPS) is 15.8. The first-order chi connectivity index (χ1) is 11.6. The highest BCUT2D eigenvalue weighted by Gasteiger charge is 2.21. The minimum absolute atomic E-state index is 0.151. The molecular formula is C20H22N2O2. The average molecular weight is 322 g/mol. The molecule has 3 N–H and O–H groups in total. The van der Waals surface area contributed by atoms with E-state index < -0.39 is 5.91 Å². The van der Waals surface area contributed by atoms with Crippen molar-refractivity contribution in [2.45, 2.75) is 32.1 Å². The summed E-state index contributed by atoms with van der Waals surface area (Å²) in [6.45, 7) is 2.48. The van der Waals surface area contributed by atoms with Gasteiger partial charge in [-0.25, -0.2) is 0 Å². The van der Waals surface area contributed by atoms with Gasteiger partial charge < -0.3 is 11.1 Å². The number of benzene rings is 2. The van der Waals surface area contributed by atoms with Crippen molar-refractivity contribution < 1.29 is 9.59 Å². The van der Waals surface area contributed by atoms with Crippen LogP contribution in [0.4, 0.5) is 0 Å². The van der Waals surface area contributed by atoms with E-state index in [1.807, 2.05) is 6.92 Å². The van der Waals surface area contributed by atoms with E-state index in [9.17, 15) is 9.59 Å². The number of nitrogens with two attached hydrogens (primary N) is 1. The van der Waals surface area contributed by atoms with Gasteiger partial charge in [-0.05, 0) is 60.9 Å². The highest BCUT2D eigenvalue weighted by atomic mass is 16.2. The first-order valence-corrected chi connectivity index (χ1v) is 8.32. The zero-order valence-electron chi connectivity index (χ0n) is 13.8. The Morgan fingerprint density at radius 2 is 2.00 bits per heavy atom. The fourth-order valence-corrected chi connectivity index (χ4v) is 3.42. The summed E-state index contributed by atoms with van der Waals surface area (Å²) < 4.78 is 0. The van der Waals surface area contributed by atoms with Gasteiger partial charge in [0.15, 0.2) is 0 Å². The molecule has 3 rings (SSSR count). The third-order valence-electron chi connectivity index (χ3n) is 4.80. The van der Waals surface area contributed by atoms with Crippen LogP contribution in [0.5, 0.6) is 0 Å². The minimum Gasteiger partial charge on any atom is -0.366 e. The second kappa shape index (κ2) is 6.87. The Hall–Kier alpha value is -2.62. The molecular weight excluding hydrogens is 300 g/mol. The summed E-state index contributed by atoms with van der Waals surface area (Å²) >= 11 is 0. The standard InChI is InChI=1S/C20H22N2O2/c1-13-6-7-16(19(21)23)12-18(13)20(24)22-11-10-15-9-8-14-4-2-3-5-17(14)15/h2-7,12,15H,8-11H2,1H3,(H2,21,23)(H,22,24). The predicted molar refractivity (Wildman–Crippen MR) is 94.2 cm³/mol. The Morgan fingerprint density at radius 1 is 1.21 bits per heavy atom. The van der Waals surface area contributed by atoms with Gasteiger partial charge in [0.05, 0.1) is 0 Å². The lowest BCUT2D eigenvalue weighted by atomic mass is 9.98. The number of amides is 2. The number of hydrogen-bond acceptors (Lipinski definition) is 2. The molecule has 1 unspecified atom stereocenters. The summed E-state index contributed by atoms with van der Waals surface area (Å²) in [5.74, 6) is -0.159. The van der Waals surface area contributed by atoms with Crippen molar-refractivity contribution in [3.63, 3.8) is 0 Å². The topological polar surface area (TPSA) is 72.2 Å². The predicted octanol–water partition coefficient (Wildman–Crippen LogP) is 2.94. The van der Waals surface area contributed by atoms with E-state index in [0.29, 0.717) is 23.6 Å². The van der Waals surface area contributed by atoms with E-state index in [-0.39, 0.29) is 5.91 Å². The molecule has 0 saturated heterocycles. The zero-order valence-corrected chi connectivity index (χ0v) is 13.8. The molecule has 124 valence electrons. The van der Waals surface area contributed by atoms with Gasteiger partial charge >= 0.3 is 0 Å². The van der Waals surface area contributed by atoms with Crippen molar-refractivity contribution in [2.75, 3.05) is 6.54 Å². The SMILES string of the molecule is Cc1ccc(C(N)=O)cc1C(=O)NCCC1CCc2ccccc21.